The molecule has 10 heteroatoms. The number of urea groups is 1. The number of nitrogens with zero attached hydrogens (tertiary/aromatic N) is 4. The fourth-order valence-corrected chi connectivity index (χ4v) is 3.16. The van der Waals surface area contributed by atoms with E-state index in [1.54, 1.807) is 53.1 Å². The van der Waals surface area contributed by atoms with Crippen molar-refractivity contribution in [1.29, 1.82) is 0 Å². The van der Waals surface area contributed by atoms with Gasteiger partial charge in [-0.1, -0.05) is 6.07 Å². The average Bonchev–Trinajstić information content (AvgIpc) is 3.30. The number of carbonyl (C=O) groups is 1. The van der Waals surface area contributed by atoms with Gasteiger partial charge in [0, 0.05) is 41.7 Å². The summed E-state index contributed by atoms with van der Waals surface area (Å²) in [5.41, 5.74) is 1.80. The number of nitrogens with one attached hydrogen (secondary N) is 2. The van der Waals surface area contributed by atoms with Crippen molar-refractivity contribution in [2.24, 2.45) is 7.05 Å². The number of aromatic nitrogens is 3. The Labute approximate surface area is 174 Å². The van der Waals surface area contributed by atoms with E-state index in [0.29, 0.717) is 22.3 Å². The van der Waals surface area contributed by atoms with E-state index >= 15 is 0 Å². The molecule has 2 aromatic carbocycles. The molecule has 2 amide bonds. The van der Waals surface area contributed by atoms with Gasteiger partial charge in [0.05, 0.1) is 24.0 Å². The molecule has 0 bridgehead atoms. The van der Waals surface area contributed by atoms with Gasteiger partial charge < -0.3 is 15.2 Å². The lowest BCUT2D eigenvalue weighted by atomic mass is 10.2. The summed E-state index contributed by atoms with van der Waals surface area (Å²) in [5.74, 6) is 0. The number of anilines is 2. The van der Waals surface area contributed by atoms with E-state index in [-0.39, 0.29) is 5.69 Å². The number of hydrogen-bond donors (Lipinski definition) is 2. The Bertz CT molecular complexity index is 1310. The lowest BCUT2D eigenvalue weighted by Crippen LogP contribution is -2.19. The van der Waals surface area contributed by atoms with Crippen LogP contribution in [0, 0.1) is 6.57 Å². The molecule has 7 nitrogen and oxygen atoms in total. The maximum atomic E-state index is 12.7. The van der Waals surface area contributed by atoms with Crippen molar-refractivity contribution in [3.63, 3.8) is 0 Å². The van der Waals surface area contributed by atoms with Crippen molar-refractivity contribution in [3.05, 3.63) is 78.0 Å². The highest BCUT2D eigenvalue weighted by atomic mass is 19.4. The first-order valence-corrected chi connectivity index (χ1v) is 9.01. The van der Waals surface area contributed by atoms with Crippen LogP contribution >= 0.6 is 0 Å². The molecule has 0 saturated carbocycles. The van der Waals surface area contributed by atoms with Crippen molar-refractivity contribution in [2.45, 2.75) is 6.18 Å². The Kier molecular flexibility index (Phi) is 4.87. The number of benzene rings is 2. The number of aryl methyl sites for hydroxylation is 1. The smallest absolute Gasteiger partial charge is 0.325 e. The number of rotatable bonds is 3. The zero-order valence-electron chi connectivity index (χ0n) is 16.1. The van der Waals surface area contributed by atoms with Crippen LogP contribution < -0.4 is 10.6 Å². The van der Waals surface area contributed by atoms with Gasteiger partial charge in [-0.25, -0.2) is 9.64 Å². The Morgan fingerprint density at radius 1 is 1.06 bits per heavy atom. The Hall–Kier alpha value is -4.26. The standard InChI is InChI=1S/C21H15F3N6O/c1-25-18-12-30(16-10-26-29(2)11-16)19-9-15(7-8-17(18)19)28-20(31)27-14-5-3-13(4-6-14)21(22,23)24/h3-12H,2H3,(H2,27,28,31). The topological polar surface area (TPSA) is 68.2 Å². The zero-order valence-corrected chi connectivity index (χ0v) is 16.1. The third-order valence-electron chi connectivity index (χ3n) is 4.60. The number of halogens is 3. The minimum atomic E-state index is -4.44. The fraction of sp³-hybridized carbons (Fsp3) is 0.0952. The van der Waals surface area contributed by atoms with Crippen LogP contribution in [0.3, 0.4) is 0 Å². The summed E-state index contributed by atoms with van der Waals surface area (Å²) in [5, 5.41) is 10.0. The third kappa shape index (κ3) is 4.06. The van der Waals surface area contributed by atoms with Crippen LogP contribution in [0.2, 0.25) is 0 Å². The molecule has 156 valence electrons. The summed E-state index contributed by atoms with van der Waals surface area (Å²) in [6, 6.07) is 8.64. The summed E-state index contributed by atoms with van der Waals surface area (Å²) in [6.45, 7) is 7.39. The molecule has 4 aromatic rings. The van der Waals surface area contributed by atoms with Gasteiger partial charge in [-0.2, -0.15) is 18.3 Å². The molecule has 0 fully saturated rings. The van der Waals surface area contributed by atoms with Crippen molar-refractivity contribution in [2.75, 3.05) is 10.6 Å². The van der Waals surface area contributed by atoms with Crippen LogP contribution in [0.1, 0.15) is 5.56 Å². The average molecular weight is 424 g/mol. The molecule has 0 radical (unpaired) electrons. The van der Waals surface area contributed by atoms with Gasteiger partial charge >= 0.3 is 12.2 Å². The molecule has 0 aliphatic carbocycles. The lowest BCUT2D eigenvalue weighted by molar-refractivity contribution is -0.137. The predicted octanol–water partition coefficient (Wildman–Crippen LogP) is 5.58. The normalized spacial score (nSPS) is 11.3. The van der Waals surface area contributed by atoms with E-state index in [1.807, 2.05) is 0 Å². The fourth-order valence-electron chi connectivity index (χ4n) is 3.16. The van der Waals surface area contributed by atoms with Crippen molar-refractivity contribution < 1.29 is 18.0 Å². The SMILES string of the molecule is [C-]#[N+]c1cn(-c2cnn(C)c2)c2cc(NC(=O)Nc3ccc(C(F)(F)F)cc3)ccc12. The van der Waals surface area contributed by atoms with Crippen LogP contribution in [-0.4, -0.2) is 20.4 Å². The van der Waals surface area contributed by atoms with Crippen LogP contribution in [0.5, 0.6) is 0 Å². The van der Waals surface area contributed by atoms with Gasteiger partial charge in [0.25, 0.3) is 0 Å². The van der Waals surface area contributed by atoms with Crippen molar-refractivity contribution >= 4 is 34.0 Å². The molecular weight excluding hydrogens is 409 g/mol. The highest BCUT2D eigenvalue weighted by Gasteiger charge is 2.30. The molecule has 2 aromatic heterocycles. The number of fused-ring (bicyclic) bond motifs is 1. The summed E-state index contributed by atoms with van der Waals surface area (Å²) in [4.78, 5) is 15.9. The second-order valence-electron chi connectivity index (χ2n) is 6.75. The van der Waals surface area contributed by atoms with Crippen LogP contribution in [0.4, 0.5) is 35.0 Å². The number of amides is 2. The second kappa shape index (κ2) is 7.53. The molecule has 0 saturated heterocycles. The second-order valence-corrected chi connectivity index (χ2v) is 6.75. The van der Waals surface area contributed by atoms with Gasteiger partial charge in [0.2, 0.25) is 5.69 Å². The molecule has 0 atom stereocenters. The molecule has 0 spiro atoms. The molecule has 0 aliphatic heterocycles. The van der Waals surface area contributed by atoms with E-state index in [1.165, 1.54) is 12.1 Å². The van der Waals surface area contributed by atoms with E-state index in [9.17, 15) is 18.0 Å². The Morgan fingerprint density at radius 3 is 2.35 bits per heavy atom. The van der Waals surface area contributed by atoms with E-state index in [4.69, 9.17) is 6.57 Å². The lowest BCUT2D eigenvalue weighted by Gasteiger charge is -2.10. The zero-order chi connectivity index (χ0) is 22.2. The predicted molar refractivity (Wildman–Crippen MR) is 110 cm³/mol. The minimum Gasteiger partial charge on any atom is -0.325 e. The summed E-state index contributed by atoms with van der Waals surface area (Å²) < 4.78 is 41.4. The first-order valence-electron chi connectivity index (χ1n) is 9.01. The Balaban J connectivity index is 1.57. The molecule has 2 heterocycles. The van der Waals surface area contributed by atoms with Gasteiger partial charge in [0.15, 0.2) is 0 Å². The van der Waals surface area contributed by atoms with Crippen LogP contribution in [0.25, 0.3) is 21.4 Å². The molecule has 0 aliphatic rings. The van der Waals surface area contributed by atoms with E-state index in [0.717, 1.165) is 17.8 Å². The van der Waals surface area contributed by atoms with Gasteiger partial charge in [-0.05, 0) is 36.4 Å². The van der Waals surface area contributed by atoms with Gasteiger partial charge in [0.1, 0.15) is 0 Å². The maximum Gasteiger partial charge on any atom is 0.416 e. The maximum absolute atomic E-state index is 12.7. The molecule has 4 rings (SSSR count). The largest absolute Gasteiger partial charge is 0.416 e. The van der Waals surface area contributed by atoms with Crippen LogP contribution in [-0.2, 0) is 13.2 Å². The first kappa shape index (κ1) is 20.0. The minimum absolute atomic E-state index is 0.223. The molecule has 0 unspecified atom stereocenters. The summed E-state index contributed by atoms with van der Waals surface area (Å²) in [7, 11) is 1.78. The summed E-state index contributed by atoms with van der Waals surface area (Å²) >= 11 is 0. The highest BCUT2D eigenvalue weighted by molar-refractivity contribution is 6.02. The van der Waals surface area contributed by atoms with Crippen molar-refractivity contribution in [3.8, 4) is 5.69 Å². The number of hydrogen-bond acceptors (Lipinski definition) is 2. The van der Waals surface area contributed by atoms with Gasteiger partial charge in [-0.15, -0.1) is 0 Å². The third-order valence-corrected chi connectivity index (χ3v) is 4.60. The van der Waals surface area contributed by atoms with Crippen LogP contribution in [0.15, 0.2) is 61.1 Å². The molecular formula is C21H15F3N6O. The quantitative estimate of drug-likeness (QED) is 0.422. The van der Waals surface area contributed by atoms with Gasteiger partial charge in [-0.3, -0.25) is 4.68 Å². The number of carbonyl (C=O) groups excluding carboxylic acids is 1. The van der Waals surface area contributed by atoms with Crippen molar-refractivity contribution in [1.82, 2.24) is 14.3 Å². The first-order chi connectivity index (χ1) is 14.7. The molecule has 31 heavy (non-hydrogen) atoms. The monoisotopic (exact) mass is 424 g/mol. The summed E-state index contributed by atoms with van der Waals surface area (Å²) in [6.07, 6.45) is 0.708. The Morgan fingerprint density at radius 2 is 1.74 bits per heavy atom. The number of alkyl halides is 3. The van der Waals surface area contributed by atoms with E-state index < -0.39 is 17.8 Å². The van der Waals surface area contributed by atoms with E-state index in [2.05, 4.69) is 20.6 Å². The highest BCUT2D eigenvalue weighted by Crippen LogP contribution is 2.33. The molecule has 2 N–H and O–H groups in total.